The molecule has 0 bridgehead atoms. The standard InChI is InChI=1S/C11H13ClFN3O5S/c1-3-6-15(2)22(20,21)14-11(17)7-4-5-8(13)10(9(7)12)16(18)19/h4-5H,3,6H2,1-2H3,(H,14,17). The van der Waals surface area contributed by atoms with E-state index in [0.29, 0.717) is 12.5 Å². The highest BCUT2D eigenvalue weighted by Gasteiger charge is 2.28. The fraction of sp³-hybridized carbons (Fsp3) is 0.364. The first-order chi connectivity index (χ1) is 10.1. The van der Waals surface area contributed by atoms with Gasteiger partial charge in [0.05, 0.1) is 10.5 Å². The van der Waals surface area contributed by atoms with Crippen molar-refractivity contribution in [1.82, 2.24) is 9.03 Å². The molecule has 8 nitrogen and oxygen atoms in total. The van der Waals surface area contributed by atoms with Crippen LogP contribution in [-0.4, -0.2) is 37.1 Å². The number of carbonyl (C=O) groups is 1. The number of carbonyl (C=O) groups excluding carboxylic acids is 1. The Hall–Kier alpha value is -1.78. The lowest BCUT2D eigenvalue weighted by Crippen LogP contribution is -2.41. The van der Waals surface area contributed by atoms with Crippen molar-refractivity contribution in [1.29, 1.82) is 0 Å². The highest BCUT2D eigenvalue weighted by molar-refractivity contribution is 7.87. The molecule has 122 valence electrons. The summed E-state index contributed by atoms with van der Waals surface area (Å²) in [6, 6.07) is 1.54. The summed E-state index contributed by atoms with van der Waals surface area (Å²) in [6.45, 7) is 1.91. The molecule has 1 aromatic carbocycles. The minimum absolute atomic E-state index is 0.167. The van der Waals surface area contributed by atoms with Gasteiger partial charge in [-0.25, -0.2) is 4.72 Å². The van der Waals surface area contributed by atoms with Crippen LogP contribution in [0.4, 0.5) is 10.1 Å². The second-order valence-electron chi connectivity index (χ2n) is 4.27. The Morgan fingerprint density at radius 2 is 2.09 bits per heavy atom. The molecule has 0 spiro atoms. The molecule has 1 amide bonds. The highest BCUT2D eigenvalue weighted by atomic mass is 35.5. The Balaban J connectivity index is 3.15. The number of nitro benzene ring substituents is 1. The second-order valence-corrected chi connectivity index (χ2v) is 6.43. The van der Waals surface area contributed by atoms with E-state index in [-0.39, 0.29) is 6.54 Å². The largest absolute Gasteiger partial charge is 0.324 e. The van der Waals surface area contributed by atoms with E-state index in [2.05, 4.69) is 0 Å². The molecule has 0 unspecified atom stereocenters. The highest BCUT2D eigenvalue weighted by Crippen LogP contribution is 2.30. The lowest BCUT2D eigenvalue weighted by molar-refractivity contribution is -0.387. The van der Waals surface area contributed by atoms with Crippen molar-refractivity contribution in [2.24, 2.45) is 0 Å². The van der Waals surface area contributed by atoms with E-state index in [9.17, 15) is 27.7 Å². The van der Waals surface area contributed by atoms with E-state index >= 15 is 0 Å². The number of nitro groups is 1. The van der Waals surface area contributed by atoms with Crippen molar-refractivity contribution < 1.29 is 22.5 Å². The molecule has 0 atom stereocenters. The van der Waals surface area contributed by atoms with E-state index in [1.807, 2.05) is 0 Å². The zero-order valence-corrected chi connectivity index (χ0v) is 13.2. The Morgan fingerprint density at radius 3 is 2.59 bits per heavy atom. The zero-order chi connectivity index (χ0) is 17.1. The zero-order valence-electron chi connectivity index (χ0n) is 11.7. The molecule has 1 N–H and O–H groups in total. The first-order valence-corrected chi connectivity index (χ1v) is 7.84. The summed E-state index contributed by atoms with van der Waals surface area (Å²) in [7, 11) is -2.86. The molecule has 0 saturated carbocycles. The number of hydrogen-bond donors (Lipinski definition) is 1. The molecule has 0 fully saturated rings. The van der Waals surface area contributed by atoms with Gasteiger partial charge in [0.1, 0.15) is 5.02 Å². The third kappa shape index (κ3) is 3.90. The smallest absolute Gasteiger partial charge is 0.268 e. The summed E-state index contributed by atoms with van der Waals surface area (Å²) < 4.78 is 39.6. The van der Waals surface area contributed by atoms with Gasteiger partial charge in [0, 0.05) is 13.6 Å². The van der Waals surface area contributed by atoms with Crippen molar-refractivity contribution in [3.8, 4) is 0 Å². The number of amides is 1. The van der Waals surface area contributed by atoms with Gasteiger partial charge in [0.2, 0.25) is 5.82 Å². The molecule has 0 aliphatic heterocycles. The maximum Gasteiger partial charge on any atom is 0.324 e. The third-order valence-electron chi connectivity index (χ3n) is 2.66. The Bertz CT molecular complexity index is 710. The van der Waals surface area contributed by atoms with E-state index in [4.69, 9.17) is 11.6 Å². The van der Waals surface area contributed by atoms with Crippen LogP contribution < -0.4 is 4.72 Å². The van der Waals surface area contributed by atoms with Crippen LogP contribution >= 0.6 is 11.6 Å². The van der Waals surface area contributed by atoms with E-state index in [1.165, 1.54) is 7.05 Å². The van der Waals surface area contributed by atoms with Crippen molar-refractivity contribution in [2.75, 3.05) is 13.6 Å². The van der Waals surface area contributed by atoms with Crippen molar-refractivity contribution in [3.63, 3.8) is 0 Å². The minimum atomic E-state index is -4.12. The normalized spacial score (nSPS) is 11.5. The lowest BCUT2D eigenvalue weighted by Gasteiger charge is -2.16. The van der Waals surface area contributed by atoms with Gasteiger partial charge in [-0.2, -0.15) is 17.1 Å². The van der Waals surface area contributed by atoms with Crippen molar-refractivity contribution in [3.05, 3.63) is 38.7 Å². The van der Waals surface area contributed by atoms with Crippen molar-refractivity contribution in [2.45, 2.75) is 13.3 Å². The summed E-state index contributed by atoms with van der Waals surface area (Å²) in [5.74, 6) is -2.41. The van der Waals surface area contributed by atoms with Crippen LogP contribution in [-0.2, 0) is 10.2 Å². The number of nitrogens with one attached hydrogen (secondary N) is 1. The first-order valence-electron chi connectivity index (χ1n) is 6.02. The lowest BCUT2D eigenvalue weighted by atomic mass is 10.2. The molecular weight excluding hydrogens is 341 g/mol. The summed E-state index contributed by atoms with van der Waals surface area (Å²) >= 11 is 5.62. The number of nitrogens with zero attached hydrogens (tertiary/aromatic N) is 2. The average Bonchev–Trinajstić information content (AvgIpc) is 2.37. The quantitative estimate of drug-likeness (QED) is 0.618. The van der Waals surface area contributed by atoms with Crippen LogP contribution in [0.5, 0.6) is 0 Å². The molecule has 0 radical (unpaired) electrons. The van der Waals surface area contributed by atoms with E-state index < -0.39 is 43.1 Å². The SMILES string of the molecule is CCCN(C)S(=O)(=O)NC(=O)c1ccc(F)c([N+](=O)[O-])c1Cl. The molecular formula is C11H13ClFN3O5S. The molecule has 1 aromatic rings. The van der Waals surface area contributed by atoms with Gasteiger partial charge in [0.15, 0.2) is 0 Å². The number of rotatable bonds is 6. The van der Waals surface area contributed by atoms with Gasteiger partial charge in [-0.3, -0.25) is 14.9 Å². The topological polar surface area (TPSA) is 110 Å². The second kappa shape index (κ2) is 6.99. The molecule has 0 saturated heterocycles. The number of hydrogen-bond acceptors (Lipinski definition) is 5. The first kappa shape index (κ1) is 18.3. The summed E-state index contributed by atoms with van der Waals surface area (Å²) in [5, 5.41) is 9.95. The van der Waals surface area contributed by atoms with Gasteiger partial charge < -0.3 is 0 Å². The Labute approximate surface area is 131 Å². The molecule has 0 heterocycles. The van der Waals surface area contributed by atoms with Crippen LogP contribution in [0.2, 0.25) is 5.02 Å². The van der Waals surface area contributed by atoms with Gasteiger partial charge in [0.25, 0.3) is 5.91 Å². The van der Waals surface area contributed by atoms with Crippen LogP contribution in [0.3, 0.4) is 0 Å². The van der Waals surface area contributed by atoms with Crippen molar-refractivity contribution >= 4 is 33.4 Å². The number of benzene rings is 1. The van der Waals surface area contributed by atoms with Gasteiger partial charge in [-0.15, -0.1) is 0 Å². The van der Waals surface area contributed by atoms with Gasteiger partial charge in [-0.05, 0) is 18.6 Å². The molecule has 0 aromatic heterocycles. The fourth-order valence-corrected chi connectivity index (χ4v) is 2.80. The monoisotopic (exact) mass is 353 g/mol. The van der Waals surface area contributed by atoms with Gasteiger partial charge in [-0.1, -0.05) is 18.5 Å². The van der Waals surface area contributed by atoms with Crippen LogP contribution in [0, 0.1) is 15.9 Å². The summed E-state index contributed by atoms with van der Waals surface area (Å²) in [5.41, 5.74) is -1.60. The molecule has 1 rings (SSSR count). The average molecular weight is 354 g/mol. The van der Waals surface area contributed by atoms with Crippen LogP contribution in [0.1, 0.15) is 23.7 Å². The van der Waals surface area contributed by atoms with E-state index in [1.54, 1.807) is 11.6 Å². The molecule has 0 aliphatic carbocycles. The molecule has 0 aliphatic rings. The number of halogens is 2. The maximum atomic E-state index is 13.3. The fourth-order valence-electron chi connectivity index (χ4n) is 1.57. The van der Waals surface area contributed by atoms with Crippen LogP contribution in [0.25, 0.3) is 0 Å². The molecule has 22 heavy (non-hydrogen) atoms. The van der Waals surface area contributed by atoms with Gasteiger partial charge >= 0.3 is 15.9 Å². The van der Waals surface area contributed by atoms with Crippen LogP contribution in [0.15, 0.2) is 12.1 Å². The summed E-state index contributed by atoms with van der Waals surface area (Å²) in [4.78, 5) is 21.6. The maximum absolute atomic E-state index is 13.3. The summed E-state index contributed by atoms with van der Waals surface area (Å²) in [6.07, 6.45) is 0.522. The minimum Gasteiger partial charge on any atom is -0.268 e. The van der Waals surface area contributed by atoms with E-state index in [0.717, 1.165) is 10.4 Å². The Morgan fingerprint density at radius 1 is 1.50 bits per heavy atom. The predicted molar refractivity (Wildman–Crippen MR) is 77.4 cm³/mol. The molecule has 11 heteroatoms. The predicted octanol–water partition coefficient (Wildman–Crippen LogP) is 1.70. The Kier molecular flexibility index (Phi) is 5.80. The third-order valence-corrected chi connectivity index (χ3v) is 4.49.